The molecule has 8 nitrogen and oxygen atoms in total. The summed E-state index contributed by atoms with van der Waals surface area (Å²) < 4.78 is 5.00. The molecule has 0 aliphatic rings. The molecule has 0 atom stereocenters. The fourth-order valence-corrected chi connectivity index (χ4v) is 1.86. The molecule has 0 spiro atoms. The highest BCUT2D eigenvalue weighted by Crippen LogP contribution is 2.08. The Morgan fingerprint density at radius 1 is 1.33 bits per heavy atom. The van der Waals surface area contributed by atoms with E-state index in [1.54, 1.807) is 12.0 Å². The molecule has 0 fully saturated rings. The molecule has 1 heterocycles. The molecule has 0 radical (unpaired) electrons. The van der Waals surface area contributed by atoms with E-state index in [4.69, 9.17) is 9.84 Å². The van der Waals surface area contributed by atoms with Gasteiger partial charge in [0.05, 0.1) is 12.9 Å². The molecule has 0 aromatic carbocycles. The number of nitrogens with zero attached hydrogens (tertiary/aromatic N) is 3. The van der Waals surface area contributed by atoms with Crippen molar-refractivity contribution in [3.8, 4) is 0 Å². The minimum atomic E-state index is -1.20. The lowest BCUT2D eigenvalue weighted by Gasteiger charge is -2.22. The number of H-pyrrole nitrogens is 1. The van der Waals surface area contributed by atoms with E-state index < -0.39 is 11.9 Å². The van der Waals surface area contributed by atoms with Crippen LogP contribution in [-0.2, 0) is 4.74 Å². The monoisotopic (exact) mass is 298 g/mol. The molecule has 0 aliphatic carbocycles. The van der Waals surface area contributed by atoms with E-state index in [-0.39, 0.29) is 11.4 Å². The Labute approximate surface area is 123 Å². The average Bonchev–Trinajstić information content (AvgIpc) is 2.91. The number of rotatable bonds is 9. The second-order valence-electron chi connectivity index (χ2n) is 4.87. The number of aromatic carboxylic acids is 1. The third-order valence-electron chi connectivity index (χ3n) is 2.94. The fourth-order valence-electron chi connectivity index (χ4n) is 1.86. The maximum atomic E-state index is 12.4. The zero-order valence-corrected chi connectivity index (χ0v) is 12.6. The lowest BCUT2D eigenvalue weighted by Crippen LogP contribution is -2.37. The number of carboxylic acids is 1. The van der Waals surface area contributed by atoms with Crippen molar-refractivity contribution in [2.75, 3.05) is 47.4 Å². The van der Waals surface area contributed by atoms with Gasteiger partial charge < -0.3 is 24.6 Å². The Kier molecular flexibility index (Phi) is 6.83. The van der Waals surface area contributed by atoms with E-state index in [1.807, 2.05) is 19.0 Å². The minimum absolute atomic E-state index is 0.0662. The molecular weight excluding hydrogens is 276 g/mol. The number of methoxy groups -OCH3 is 1. The van der Waals surface area contributed by atoms with Crippen molar-refractivity contribution in [2.45, 2.75) is 6.42 Å². The summed E-state index contributed by atoms with van der Waals surface area (Å²) in [4.78, 5) is 33.4. The van der Waals surface area contributed by atoms with E-state index in [2.05, 4.69) is 9.97 Å². The number of hydrogen-bond acceptors (Lipinski definition) is 5. The van der Waals surface area contributed by atoms with Crippen molar-refractivity contribution in [3.05, 3.63) is 17.7 Å². The SMILES string of the molecule is COCCN(CCCN(C)C)C(=O)c1nc[nH]c1C(=O)O. The highest BCUT2D eigenvalue weighted by molar-refractivity contribution is 6.02. The second kappa shape index (κ2) is 8.38. The number of carboxylic acid groups (broad SMARTS) is 1. The van der Waals surface area contributed by atoms with Gasteiger partial charge in [-0.15, -0.1) is 0 Å². The van der Waals surface area contributed by atoms with Gasteiger partial charge in [0.15, 0.2) is 11.4 Å². The van der Waals surface area contributed by atoms with Crippen LogP contribution in [0, 0.1) is 0 Å². The van der Waals surface area contributed by atoms with E-state index in [0.717, 1.165) is 13.0 Å². The molecule has 8 heteroatoms. The Morgan fingerprint density at radius 3 is 2.62 bits per heavy atom. The van der Waals surface area contributed by atoms with Crippen LogP contribution in [0.2, 0.25) is 0 Å². The summed E-state index contributed by atoms with van der Waals surface area (Å²) in [6.07, 6.45) is 2.00. The summed E-state index contributed by atoms with van der Waals surface area (Å²) in [6, 6.07) is 0. The van der Waals surface area contributed by atoms with E-state index in [1.165, 1.54) is 6.33 Å². The largest absolute Gasteiger partial charge is 0.477 e. The van der Waals surface area contributed by atoms with Crippen LogP contribution in [0.15, 0.2) is 6.33 Å². The van der Waals surface area contributed by atoms with Crippen LogP contribution >= 0.6 is 0 Å². The van der Waals surface area contributed by atoms with Crippen molar-refractivity contribution < 1.29 is 19.4 Å². The first kappa shape index (κ1) is 17.1. The van der Waals surface area contributed by atoms with Gasteiger partial charge in [-0.25, -0.2) is 9.78 Å². The zero-order chi connectivity index (χ0) is 15.8. The second-order valence-corrected chi connectivity index (χ2v) is 4.87. The Balaban J connectivity index is 2.78. The highest BCUT2D eigenvalue weighted by Gasteiger charge is 2.24. The molecule has 2 N–H and O–H groups in total. The summed E-state index contributed by atoms with van der Waals surface area (Å²) in [5.41, 5.74) is -0.251. The van der Waals surface area contributed by atoms with Crippen molar-refractivity contribution in [1.29, 1.82) is 0 Å². The smallest absolute Gasteiger partial charge is 0.354 e. The predicted octanol–water partition coefficient (Wildman–Crippen LogP) is 0.148. The number of hydrogen-bond donors (Lipinski definition) is 2. The first-order valence-corrected chi connectivity index (χ1v) is 6.67. The summed E-state index contributed by atoms with van der Waals surface area (Å²) in [5.74, 6) is -1.60. The molecule has 1 aromatic heterocycles. The van der Waals surface area contributed by atoms with E-state index >= 15 is 0 Å². The predicted molar refractivity (Wildman–Crippen MR) is 76.5 cm³/mol. The number of amides is 1. The standard InChI is InChI=1S/C13H22N4O4/c1-16(2)5-4-6-17(7-8-21-3)12(18)10-11(13(19)20)15-9-14-10/h9H,4-8H2,1-3H3,(H,14,15)(H,19,20). The Hall–Kier alpha value is -1.93. The van der Waals surface area contributed by atoms with Crippen LogP contribution in [0.25, 0.3) is 0 Å². The third kappa shape index (κ3) is 5.16. The molecule has 0 saturated carbocycles. The van der Waals surface area contributed by atoms with Gasteiger partial charge in [-0.2, -0.15) is 0 Å². The number of ether oxygens (including phenoxy) is 1. The normalized spacial score (nSPS) is 10.9. The van der Waals surface area contributed by atoms with Crippen LogP contribution in [0.5, 0.6) is 0 Å². The topological polar surface area (TPSA) is 98.8 Å². The summed E-state index contributed by atoms with van der Waals surface area (Å²) in [7, 11) is 5.47. The third-order valence-corrected chi connectivity index (χ3v) is 2.94. The number of nitrogens with one attached hydrogen (secondary N) is 1. The van der Waals surface area contributed by atoms with Crippen LogP contribution in [0.4, 0.5) is 0 Å². The van der Waals surface area contributed by atoms with Crippen LogP contribution in [-0.4, -0.2) is 84.2 Å². The zero-order valence-electron chi connectivity index (χ0n) is 12.6. The van der Waals surface area contributed by atoms with Gasteiger partial charge in [0.2, 0.25) is 0 Å². The van der Waals surface area contributed by atoms with Gasteiger partial charge in [0.25, 0.3) is 5.91 Å². The first-order chi connectivity index (χ1) is 9.97. The molecular formula is C13H22N4O4. The van der Waals surface area contributed by atoms with Crippen molar-refractivity contribution >= 4 is 11.9 Å². The fraction of sp³-hybridized carbons (Fsp3) is 0.615. The van der Waals surface area contributed by atoms with Crippen molar-refractivity contribution in [2.24, 2.45) is 0 Å². The average molecular weight is 298 g/mol. The molecule has 118 valence electrons. The lowest BCUT2D eigenvalue weighted by molar-refractivity contribution is 0.0645. The number of imidazole rings is 1. The van der Waals surface area contributed by atoms with Crippen molar-refractivity contribution in [1.82, 2.24) is 19.8 Å². The van der Waals surface area contributed by atoms with Crippen molar-refractivity contribution in [3.63, 3.8) is 0 Å². The van der Waals surface area contributed by atoms with Gasteiger partial charge in [-0.05, 0) is 27.1 Å². The van der Waals surface area contributed by atoms with Gasteiger partial charge >= 0.3 is 5.97 Å². The summed E-state index contributed by atoms with van der Waals surface area (Å²) >= 11 is 0. The maximum Gasteiger partial charge on any atom is 0.354 e. The van der Waals surface area contributed by atoms with Gasteiger partial charge in [-0.3, -0.25) is 4.79 Å². The molecule has 0 aliphatic heterocycles. The van der Waals surface area contributed by atoms with Gasteiger partial charge in [0, 0.05) is 20.2 Å². The quantitative estimate of drug-likeness (QED) is 0.673. The molecule has 21 heavy (non-hydrogen) atoms. The molecule has 1 amide bonds. The summed E-state index contributed by atoms with van der Waals surface area (Å²) in [6.45, 7) is 2.14. The van der Waals surface area contributed by atoms with Crippen LogP contribution in [0.1, 0.15) is 27.4 Å². The first-order valence-electron chi connectivity index (χ1n) is 6.67. The Bertz CT molecular complexity index is 472. The molecule has 0 bridgehead atoms. The number of carbonyl (C=O) groups excluding carboxylic acids is 1. The number of aromatic amines is 1. The maximum absolute atomic E-state index is 12.4. The van der Waals surface area contributed by atoms with Crippen LogP contribution < -0.4 is 0 Å². The van der Waals surface area contributed by atoms with E-state index in [0.29, 0.717) is 19.7 Å². The lowest BCUT2D eigenvalue weighted by atomic mass is 10.2. The molecule has 1 aromatic rings. The molecule has 0 saturated heterocycles. The molecule has 0 unspecified atom stereocenters. The van der Waals surface area contributed by atoms with E-state index in [9.17, 15) is 9.59 Å². The number of aromatic nitrogens is 2. The summed E-state index contributed by atoms with van der Waals surface area (Å²) in [5, 5.41) is 9.04. The van der Waals surface area contributed by atoms with Crippen LogP contribution in [0.3, 0.4) is 0 Å². The van der Waals surface area contributed by atoms with Gasteiger partial charge in [0.1, 0.15) is 0 Å². The highest BCUT2D eigenvalue weighted by atomic mass is 16.5. The molecule has 1 rings (SSSR count). The number of carbonyl (C=O) groups is 2. The Morgan fingerprint density at radius 2 is 2.05 bits per heavy atom. The van der Waals surface area contributed by atoms with Gasteiger partial charge in [-0.1, -0.05) is 0 Å². The minimum Gasteiger partial charge on any atom is -0.477 e.